The minimum Gasteiger partial charge on any atom is -0.337 e. The highest BCUT2D eigenvalue weighted by Crippen LogP contribution is 2.30. The summed E-state index contributed by atoms with van der Waals surface area (Å²) in [5, 5.41) is 3.16. The van der Waals surface area contributed by atoms with Gasteiger partial charge in [-0.25, -0.2) is 13.2 Å². The molecule has 0 aromatic heterocycles. The van der Waals surface area contributed by atoms with Gasteiger partial charge in [-0.15, -0.1) is 0 Å². The molecule has 10 heteroatoms. The zero-order chi connectivity index (χ0) is 22.3. The summed E-state index contributed by atoms with van der Waals surface area (Å²) in [6, 6.07) is 5.46. The second-order valence-electron chi connectivity index (χ2n) is 8.45. The lowest BCUT2D eigenvalue weighted by Gasteiger charge is -2.31. The fraction of sp³-hybridized carbons (Fsp3) is 0.550. The molecule has 3 rings (SSSR count). The molecule has 2 heterocycles. The maximum Gasteiger partial charge on any atom is 0.325 e. The second-order valence-corrected chi connectivity index (χ2v) is 11.1. The van der Waals surface area contributed by atoms with Crippen LogP contribution in [0.4, 0.5) is 4.79 Å². The first-order valence-corrected chi connectivity index (χ1v) is 12.0. The van der Waals surface area contributed by atoms with Crippen molar-refractivity contribution in [3.05, 3.63) is 34.9 Å². The molecule has 164 valence electrons. The average molecular weight is 456 g/mol. The summed E-state index contributed by atoms with van der Waals surface area (Å²) in [5.74, 6) is -0.910. The van der Waals surface area contributed by atoms with Crippen molar-refractivity contribution in [1.29, 1.82) is 0 Å². The first-order valence-electron chi connectivity index (χ1n) is 9.83. The molecule has 0 aliphatic carbocycles. The predicted molar refractivity (Wildman–Crippen MR) is 113 cm³/mol. The Labute approximate surface area is 181 Å². The number of rotatable bonds is 6. The van der Waals surface area contributed by atoms with Gasteiger partial charge in [-0.05, 0) is 37.0 Å². The van der Waals surface area contributed by atoms with E-state index in [9.17, 15) is 22.8 Å². The van der Waals surface area contributed by atoms with Gasteiger partial charge in [0.15, 0.2) is 9.84 Å². The van der Waals surface area contributed by atoms with Gasteiger partial charge in [-0.2, -0.15) is 0 Å². The van der Waals surface area contributed by atoms with Gasteiger partial charge >= 0.3 is 6.03 Å². The Kier molecular flexibility index (Phi) is 6.15. The van der Waals surface area contributed by atoms with Crippen molar-refractivity contribution in [1.82, 2.24) is 15.1 Å². The van der Waals surface area contributed by atoms with Gasteiger partial charge in [0, 0.05) is 17.6 Å². The van der Waals surface area contributed by atoms with Gasteiger partial charge in [0.2, 0.25) is 5.91 Å². The van der Waals surface area contributed by atoms with E-state index in [-0.39, 0.29) is 17.4 Å². The molecule has 2 saturated heterocycles. The van der Waals surface area contributed by atoms with E-state index in [0.717, 1.165) is 4.90 Å². The molecule has 0 spiro atoms. The number of amides is 4. The third-order valence-corrected chi connectivity index (χ3v) is 7.52. The van der Waals surface area contributed by atoms with Gasteiger partial charge in [-0.3, -0.25) is 14.5 Å². The summed E-state index contributed by atoms with van der Waals surface area (Å²) in [6.07, 6.45) is 0.365. The zero-order valence-electron chi connectivity index (χ0n) is 17.2. The van der Waals surface area contributed by atoms with E-state index in [1.807, 2.05) is 13.8 Å². The largest absolute Gasteiger partial charge is 0.337 e. The number of urea groups is 1. The highest BCUT2D eigenvalue weighted by molar-refractivity contribution is 7.91. The Bertz CT molecular complexity index is 963. The molecular weight excluding hydrogens is 430 g/mol. The van der Waals surface area contributed by atoms with Crippen molar-refractivity contribution in [2.75, 3.05) is 24.6 Å². The molecule has 30 heavy (non-hydrogen) atoms. The fourth-order valence-corrected chi connectivity index (χ4v) is 5.77. The van der Waals surface area contributed by atoms with Crippen molar-refractivity contribution in [2.45, 2.75) is 38.8 Å². The van der Waals surface area contributed by atoms with E-state index >= 15 is 0 Å². The van der Waals surface area contributed by atoms with Gasteiger partial charge in [0.05, 0.1) is 11.5 Å². The Morgan fingerprint density at radius 3 is 2.47 bits per heavy atom. The van der Waals surface area contributed by atoms with Gasteiger partial charge in [0.25, 0.3) is 5.91 Å². The van der Waals surface area contributed by atoms with E-state index in [4.69, 9.17) is 11.6 Å². The highest BCUT2D eigenvalue weighted by Gasteiger charge is 2.50. The lowest BCUT2D eigenvalue weighted by Crippen LogP contribution is -2.49. The highest BCUT2D eigenvalue weighted by atomic mass is 35.5. The van der Waals surface area contributed by atoms with Gasteiger partial charge < -0.3 is 10.2 Å². The molecule has 0 saturated carbocycles. The summed E-state index contributed by atoms with van der Waals surface area (Å²) in [4.78, 5) is 41.1. The minimum absolute atomic E-state index is 0.0390. The number of halogens is 1. The number of hydrogen-bond acceptors (Lipinski definition) is 5. The first-order chi connectivity index (χ1) is 13.9. The van der Waals surface area contributed by atoms with Gasteiger partial charge in [-0.1, -0.05) is 37.6 Å². The number of carbonyl (C=O) groups excluding carboxylic acids is 3. The fourth-order valence-electron chi connectivity index (χ4n) is 3.91. The van der Waals surface area contributed by atoms with E-state index in [1.54, 1.807) is 31.2 Å². The standard InChI is InChI=1S/C20H26ClN3O5S/c1-13(2)10-23(16-8-9-30(28,29)12-16)17(25)11-24-18(26)20(3,22-19(24)27)14-4-6-15(21)7-5-14/h4-7,13,16H,8-12H2,1-3H3,(H,22,27)/t16-,20+/m1/s1. The molecule has 8 nitrogen and oxygen atoms in total. The van der Waals surface area contributed by atoms with Crippen LogP contribution in [0.3, 0.4) is 0 Å². The number of sulfone groups is 1. The Balaban J connectivity index is 1.79. The van der Waals surface area contributed by atoms with Crippen LogP contribution in [0.2, 0.25) is 5.02 Å². The van der Waals surface area contributed by atoms with E-state index in [0.29, 0.717) is 23.6 Å². The molecule has 2 atom stereocenters. The molecule has 1 aromatic rings. The number of carbonyl (C=O) groups is 3. The van der Waals surface area contributed by atoms with Crippen LogP contribution in [-0.2, 0) is 25.0 Å². The van der Waals surface area contributed by atoms with Crippen molar-refractivity contribution < 1.29 is 22.8 Å². The molecule has 2 fully saturated rings. The van der Waals surface area contributed by atoms with Crippen LogP contribution in [0.15, 0.2) is 24.3 Å². The van der Waals surface area contributed by atoms with Crippen molar-refractivity contribution in [3.63, 3.8) is 0 Å². The molecule has 1 aromatic carbocycles. The normalized spacial score (nSPS) is 25.6. The molecule has 0 bridgehead atoms. The molecule has 1 N–H and O–H groups in total. The van der Waals surface area contributed by atoms with E-state index < -0.39 is 45.8 Å². The second kappa shape index (κ2) is 8.19. The van der Waals surface area contributed by atoms with Gasteiger partial charge in [0.1, 0.15) is 12.1 Å². The molecule has 2 aliphatic rings. The van der Waals surface area contributed by atoms with Crippen molar-refractivity contribution in [2.24, 2.45) is 5.92 Å². The number of nitrogens with zero attached hydrogens (tertiary/aromatic N) is 2. The van der Waals surface area contributed by atoms with Crippen molar-refractivity contribution in [3.8, 4) is 0 Å². The summed E-state index contributed by atoms with van der Waals surface area (Å²) in [7, 11) is -3.18. The van der Waals surface area contributed by atoms with E-state index in [2.05, 4.69) is 5.32 Å². The maximum atomic E-state index is 13.1. The first kappa shape index (κ1) is 22.6. The molecule has 0 unspecified atom stereocenters. The van der Waals surface area contributed by atoms with Crippen LogP contribution < -0.4 is 5.32 Å². The number of hydrogen-bond donors (Lipinski definition) is 1. The monoisotopic (exact) mass is 455 g/mol. The van der Waals surface area contributed by atoms with Crippen LogP contribution >= 0.6 is 11.6 Å². The number of nitrogens with one attached hydrogen (secondary N) is 1. The zero-order valence-corrected chi connectivity index (χ0v) is 18.8. The lowest BCUT2D eigenvalue weighted by molar-refractivity contribution is -0.140. The minimum atomic E-state index is -3.18. The predicted octanol–water partition coefficient (Wildman–Crippen LogP) is 1.78. The molecular formula is C20H26ClN3O5S. The van der Waals surface area contributed by atoms with Crippen LogP contribution in [-0.4, -0.2) is 66.7 Å². The molecule has 2 aliphatic heterocycles. The topological polar surface area (TPSA) is 104 Å². The Hall–Kier alpha value is -2.13. The third kappa shape index (κ3) is 4.46. The average Bonchev–Trinajstić information content (AvgIpc) is 3.12. The van der Waals surface area contributed by atoms with E-state index in [1.165, 1.54) is 4.90 Å². The smallest absolute Gasteiger partial charge is 0.325 e. The SMILES string of the molecule is CC(C)CN(C(=O)CN1C(=O)N[C@@](C)(c2ccc(Cl)cc2)C1=O)[C@@H]1CCS(=O)(=O)C1. The Morgan fingerprint density at radius 2 is 1.93 bits per heavy atom. The number of imide groups is 1. The number of benzene rings is 1. The summed E-state index contributed by atoms with van der Waals surface area (Å²) in [6.45, 7) is 5.36. The lowest BCUT2D eigenvalue weighted by atomic mass is 9.92. The summed E-state index contributed by atoms with van der Waals surface area (Å²) < 4.78 is 23.8. The van der Waals surface area contributed by atoms with Crippen LogP contribution in [0, 0.1) is 5.92 Å². The quantitative estimate of drug-likeness (QED) is 0.658. The third-order valence-electron chi connectivity index (χ3n) is 5.52. The van der Waals surface area contributed by atoms with Crippen LogP contribution in [0.5, 0.6) is 0 Å². The maximum absolute atomic E-state index is 13.1. The Morgan fingerprint density at radius 1 is 1.30 bits per heavy atom. The van der Waals surface area contributed by atoms with Crippen LogP contribution in [0.25, 0.3) is 0 Å². The van der Waals surface area contributed by atoms with Crippen LogP contribution in [0.1, 0.15) is 32.8 Å². The molecule has 4 amide bonds. The van der Waals surface area contributed by atoms with Crippen molar-refractivity contribution >= 4 is 39.3 Å². The summed E-state index contributed by atoms with van der Waals surface area (Å²) in [5.41, 5.74) is -0.747. The summed E-state index contributed by atoms with van der Waals surface area (Å²) >= 11 is 5.91. The molecule has 0 radical (unpaired) electrons.